The molecule has 1 N–H and O–H groups in total. The molecule has 0 saturated heterocycles. The Morgan fingerprint density at radius 1 is 0.850 bits per heavy atom. The summed E-state index contributed by atoms with van der Waals surface area (Å²) in [6.07, 6.45) is 0. The predicted molar refractivity (Wildman–Crippen MR) is 158 cm³/mol. The van der Waals surface area contributed by atoms with E-state index in [1.165, 1.54) is 17.0 Å². The third-order valence-corrected chi connectivity index (χ3v) is 8.36. The van der Waals surface area contributed by atoms with E-state index >= 15 is 0 Å². The fourth-order valence-corrected chi connectivity index (χ4v) is 5.62. The van der Waals surface area contributed by atoms with Gasteiger partial charge in [-0.2, -0.15) is 0 Å². The number of benzene rings is 3. The molecule has 0 saturated carbocycles. The number of carbonyl (C=O) groups is 2. The van der Waals surface area contributed by atoms with Crippen LogP contribution in [-0.2, 0) is 26.2 Å². The van der Waals surface area contributed by atoms with Gasteiger partial charge in [0.2, 0.25) is 11.8 Å². The molecule has 0 aromatic heterocycles. The van der Waals surface area contributed by atoms with Gasteiger partial charge in [0.05, 0.1) is 17.7 Å². The van der Waals surface area contributed by atoms with E-state index in [1.807, 2.05) is 38.1 Å². The zero-order valence-electron chi connectivity index (χ0n) is 24.0. The minimum absolute atomic E-state index is 0.0723. The average molecular weight is 566 g/mol. The van der Waals surface area contributed by atoms with Gasteiger partial charge in [0.1, 0.15) is 18.3 Å². The van der Waals surface area contributed by atoms with E-state index in [-0.39, 0.29) is 29.3 Å². The SMILES string of the molecule is COc1ccc(CN(C(=O)CN(c2ccc(C(C)C)cc2)S(=O)(=O)c2ccccc2)C(C)C(=O)NC(C)C)cc1. The summed E-state index contributed by atoms with van der Waals surface area (Å²) in [5.41, 5.74) is 2.19. The van der Waals surface area contributed by atoms with Crippen LogP contribution in [0.3, 0.4) is 0 Å². The zero-order chi connectivity index (χ0) is 29.4. The molecule has 1 atom stereocenters. The molecule has 0 aliphatic carbocycles. The highest BCUT2D eigenvalue weighted by atomic mass is 32.2. The first-order valence-corrected chi connectivity index (χ1v) is 14.8. The summed E-state index contributed by atoms with van der Waals surface area (Å²) in [5.74, 6) is 0.0950. The Morgan fingerprint density at radius 2 is 1.45 bits per heavy atom. The molecular formula is C31H39N3O5S. The first-order chi connectivity index (χ1) is 18.9. The first kappa shape index (κ1) is 30.7. The molecule has 0 aliphatic rings. The van der Waals surface area contributed by atoms with Crippen LogP contribution in [0.25, 0.3) is 0 Å². The summed E-state index contributed by atoms with van der Waals surface area (Å²) in [6.45, 7) is 9.07. The Labute approximate surface area is 238 Å². The highest BCUT2D eigenvalue weighted by molar-refractivity contribution is 7.92. The normalized spacial score (nSPS) is 12.2. The molecule has 3 rings (SSSR count). The Balaban J connectivity index is 2.02. The maximum atomic E-state index is 14.0. The lowest BCUT2D eigenvalue weighted by atomic mass is 10.0. The lowest BCUT2D eigenvalue weighted by Gasteiger charge is -2.32. The fourth-order valence-electron chi connectivity index (χ4n) is 4.19. The minimum Gasteiger partial charge on any atom is -0.497 e. The minimum atomic E-state index is -4.09. The van der Waals surface area contributed by atoms with Crippen molar-refractivity contribution in [1.82, 2.24) is 10.2 Å². The van der Waals surface area contributed by atoms with E-state index in [0.717, 1.165) is 15.4 Å². The van der Waals surface area contributed by atoms with Gasteiger partial charge in [-0.1, -0.05) is 56.3 Å². The van der Waals surface area contributed by atoms with Crippen LogP contribution in [0.15, 0.2) is 83.8 Å². The monoisotopic (exact) mass is 565 g/mol. The molecule has 9 heteroatoms. The van der Waals surface area contributed by atoms with Gasteiger partial charge in [-0.15, -0.1) is 0 Å². The van der Waals surface area contributed by atoms with Gasteiger partial charge in [0.15, 0.2) is 0 Å². The number of anilines is 1. The number of ether oxygens (including phenoxy) is 1. The van der Waals surface area contributed by atoms with Crippen molar-refractivity contribution < 1.29 is 22.7 Å². The zero-order valence-corrected chi connectivity index (χ0v) is 24.8. The van der Waals surface area contributed by atoms with E-state index in [2.05, 4.69) is 19.2 Å². The molecule has 214 valence electrons. The highest BCUT2D eigenvalue weighted by Crippen LogP contribution is 2.26. The predicted octanol–water partition coefficient (Wildman–Crippen LogP) is 4.96. The van der Waals surface area contributed by atoms with Crippen molar-refractivity contribution in [2.45, 2.75) is 64.1 Å². The van der Waals surface area contributed by atoms with Crippen molar-refractivity contribution >= 4 is 27.5 Å². The van der Waals surface area contributed by atoms with Gasteiger partial charge >= 0.3 is 0 Å². The van der Waals surface area contributed by atoms with Crippen LogP contribution >= 0.6 is 0 Å². The molecule has 40 heavy (non-hydrogen) atoms. The third-order valence-electron chi connectivity index (χ3n) is 6.57. The lowest BCUT2D eigenvalue weighted by Crippen LogP contribution is -2.52. The smallest absolute Gasteiger partial charge is 0.264 e. The second-order valence-corrected chi connectivity index (χ2v) is 12.1. The van der Waals surface area contributed by atoms with Crippen molar-refractivity contribution in [3.8, 4) is 5.75 Å². The van der Waals surface area contributed by atoms with Crippen LogP contribution < -0.4 is 14.4 Å². The van der Waals surface area contributed by atoms with Gasteiger partial charge in [0, 0.05) is 12.6 Å². The maximum Gasteiger partial charge on any atom is 0.264 e. The average Bonchev–Trinajstić information content (AvgIpc) is 2.94. The number of nitrogens with zero attached hydrogens (tertiary/aromatic N) is 2. The van der Waals surface area contributed by atoms with Crippen molar-refractivity contribution in [2.24, 2.45) is 0 Å². The second kappa shape index (κ2) is 13.5. The Morgan fingerprint density at radius 3 is 1.98 bits per heavy atom. The molecule has 0 heterocycles. The number of sulfonamides is 1. The fraction of sp³-hybridized carbons (Fsp3) is 0.355. The number of methoxy groups -OCH3 is 1. The van der Waals surface area contributed by atoms with Gasteiger partial charge in [-0.05, 0) is 74.2 Å². The topological polar surface area (TPSA) is 96.0 Å². The lowest BCUT2D eigenvalue weighted by molar-refractivity contribution is -0.139. The molecular weight excluding hydrogens is 526 g/mol. The van der Waals surface area contributed by atoms with Gasteiger partial charge in [-0.3, -0.25) is 13.9 Å². The molecule has 0 bridgehead atoms. The molecule has 8 nitrogen and oxygen atoms in total. The molecule has 0 radical (unpaired) electrons. The molecule has 0 fully saturated rings. The van der Waals surface area contributed by atoms with Gasteiger partial charge in [0.25, 0.3) is 10.0 Å². The second-order valence-electron chi connectivity index (χ2n) is 10.3. The quantitative estimate of drug-likeness (QED) is 0.335. The Bertz CT molecular complexity index is 1370. The van der Waals surface area contributed by atoms with Crippen LogP contribution in [0.4, 0.5) is 5.69 Å². The summed E-state index contributed by atoms with van der Waals surface area (Å²) in [6, 6.07) is 21.4. The van der Waals surface area contributed by atoms with Crippen LogP contribution in [0.1, 0.15) is 51.7 Å². The largest absolute Gasteiger partial charge is 0.497 e. The van der Waals surface area contributed by atoms with E-state index in [9.17, 15) is 18.0 Å². The number of rotatable bonds is 12. The van der Waals surface area contributed by atoms with E-state index < -0.39 is 28.5 Å². The number of amides is 2. The number of hydrogen-bond acceptors (Lipinski definition) is 5. The van der Waals surface area contributed by atoms with Crippen LogP contribution in [0, 0.1) is 0 Å². The molecule has 0 aliphatic heterocycles. The molecule has 3 aromatic rings. The molecule has 1 unspecified atom stereocenters. The maximum absolute atomic E-state index is 14.0. The molecule has 3 aromatic carbocycles. The number of nitrogens with one attached hydrogen (secondary N) is 1. The van der Waals surface area contributed by atoms with E-state index in [0.29, 0.717) is 11.4 Å². The van der Waals surface area contributed by atoms with Crippen molar-refractivity contribution in [3.05, 3.63) is 90.0 Å². The summed E-state index contributed by atoms with van der Waals surface area (Å²) in [4.78, 5) is 28.4. The van der Waals surface area contributed by atoms with Crippen LogP contribution in [0.2, 0.25) is 0 Å². The van der Waals surface area contributed by atoms with Gasteiger partial charge < -0.3 is 15.0 Å². The Hall–Kier alpha value is -3.85. The van der Waals surface area contributed by atoms with Crippen LogP contribution in [-0.4, -0.2) is 50.9 Å². The van der Waals surface area contributed by atoms with Crippen molar-refractivity contribution in [1.29, 1.82) is 0 Å². The van der Waals surface area contributed by atoms with E-state index in [4.69, 9.17) is 4.74 Å². The Kier molecular flexibility index (Phi) is 10.3. The number of carbonyl (C=O) groups excluding carboxylic acids is 2. The number of hydrogen-bond donors (Lipinski definition) is 1. The van der Waals surface area contributed by atoms with E-state index in [1.54, 1.807) is 56.5 Å². The summed E-state index contributed by atoms with van der Waals surface area (Å²) < 4.78 is 34.1. The highest BCUT2D eigenvalue weighted by Gasteiger charge is 2.32. The summed E-state index contributed by atoms with van der Waals surface area (Å²) in [7, 11) is -2.53. The summed E-state index contributed by atoms with van der Waals surface area (Å²) >= 11 is 0. The standard InChI is InChI=1S/C31H39N3O5S/c1-22(2)26-14-16-27(17-15-26)34(40(37,38)29-10-8-7-9-11-29)21-30(35)33(24(5)31(36)32-23(3)4)20-25-12-18-28(39-6)19-13-25/h7-19,22-24H,20-21H2,1-6H3,(H,32,36). The van der Waals surface area contributed by atoms with Crippen molar-refractivity contribution in [3.63, 3.8) is 0 Å². The molecule has 2 amide bonds. The first-order valence-electron chi connectivity index (χ1n) is 13.3. The van der Waals surface area contributed by atoms with Crippen LogP contribution in [0.5, 0.6) is 5.75 Å². The molecule has 0 spiro atoms. The third kappa shape index (κ3) is 7.63. The van der Waals surface area contributed by atoms with Crippen molar-refractivity contribution in [2.75, 3.05) is 18.0 Å². The van der Waals surface area contributed by atoms with Gasteiger partial charge in [-0.25, -0.2) is 8.42 Å². The summed E-state index contributed by atoms with van der Waals surface area (Å²) in [5, 5.41) is 2.86.